The molecule has 0 aliphatic rings. The second kappa shape index (κ2) is 7.37. The van der Waals surface area contributed by atoms with Crippen LogP contribution in [0.5, 0.6) is 17.2 Å². The highest BCUT2D eigenvalue weighted by Gasteiger charge is 2.19. The van der Waals surface area contributed by atoms with Crippen molar-refractivity contribution in [2.24, 2.45) is 0 Å². The number of methoxy groups -OCH3 is 3. The molecule has 0 saturated carbocycles. The molecule has 0 heterocycles. The van der Waals surface area contributed by atoms with Crippen LogP contribution in [0.2, 0.25) is 0 Å². The predicted molar refractivity (Wildman–Crippen MR) is 75.3 cm³/mol. The summed E-state index contributed by atoms with van der Waals surface area (Å²) < 4.78 is 15.5. The van der Waals surface area contributed by atoms with Crippen molar-refractivity contribution in [3.63, 3.8) is 0 Å². The molecule has 0 aliphatic carbocycles. The molecule has 7 nitrogen and oxygen atoms in total. The van der Waals surface area contributed by atoms with Gasteiger partial charge in [0.2, 0.25) is 5.75 Å². The van der Waals surface area contributed by atoms with E-state index in [-0.39, 0.29) is 18.9 Å². The first kappa shape index (κ1) is 16.6. The Bertz CT molecular complexity index is 503. The van der Waals surface area contributed by atoms with Crippen molar-refractivity contribution in [2.45, 2.75) is 6.42 Å². The Morgan fingerprint density at radius 1 is 1.10 bits per heavy atom. The van der Waals surface area contributed by atoms with Gasteiger partial charge in [0.25, 0.3) is 5.91 Å². The maximum Gasteiger partial charge on any atom is 0.305 e. The molecule has 0 aromatic heterocycles. The molecular weight excluding hydrogens is 278 g/mol. The smallest absolute Gasteiger partial charge is 0.305 e. The van der Waals surface area contributed by atoms with Crippen LogP contribution >= 0.6 is 0 Å². The largest absolute Gasteiger partial charge is 0.493 e. The van der Waals surface area contributed by atoms with E-state index in [1.807, 2.05) is 0 Å². The first-order valence-corrected chi connectivity index (χ1v) is 6.21. The fourth-order valence-corrected chi connectivity index (χ4v) is 1.79. The second-order valence-corrected chi connectivity index (χ2v) is 4.28. The molecule has 0 saturated heterocycles. The lowest BCUT2D eigenvalue weighted by Gasteiger charge is -2.18. The molecule has 0 radical (unpaired) electrons. The number of ether oxygens (including phenoxy) is 3. The fourth-order valence-electron chi connectivity index (χ4n) is 1.79. The normalized spacial score (nSPS) is 9.90. The van der Waals surface area contributed by atoms with E-state index in [2.05, 4.69) is 0 Å². The third-order valence-corrected chi connectivity index (χ3v) is 2.92. The van der Waals surface area contributed by atoms with Crippen molar-refractivity contribution in [2.75, 3.05) is 34.9 Å². The second-order valence-electron chi connectivity index (χ2n) is 4.28. The van der Waals surface area contributed by atoms with Crippen LogP contribution in [0.4, 0.5) is 0 Å². The summed E-state index contributed by atoms with van der Waals surface area (Å²) in [6.45, 7) is 0.116. The first-order valence-electron chi connectivity index (χ1n) is 6.21. The van der Waals surface area contributed by atoms with Crippen LogP contribution < -0.4 is 14.2 Å². The molecule has 1 aromatic rings. The monoisotopic (exact) mass is 297 g/mol. The molecule has 21 heavy (non-hydrogen) atoms. The Kier molecular flexibility index (Phi) is 5.83. The number of benzene rings is 1. The summed E-state index contributed by atoms with van der Waals surface area (Å²) in [5, 5.41) is 8.65. The number of nitrogens with zero attached hydrogens (tertiary/aromatic N) is 1. The number of aliphatic carboxylic acids is 1. The van der Waals surface area contributed by atoms with E-state index in [1.165, 1.54) is 45.4 Å². The lowest BCUT2D eigenvalue weighted by atomic mass is 10.1. The van der Waals surface area contributed by atoms with Crippen LogP contribution in [0, 0.1) is 0 Å². The fraction of sp³-hybridized carbons (Fsp3) is 0.429. The Hall–Kier alpha value is -2.44. The van der Waals surface area contributed by atoms with Crippen molar-refractivity contribution < 1.29 is 28.9 Å². The number of rotatable bonds is 7. The molecule has 0 spiro atoms. The van der Waals surface area contributed by atoms with Gasteiger partial charge >= 0.3 is 5.97 Å². The zero-order valence-electron chi connectivity index (χ0n) is 12.5. The van der Waals surface area contributed by atoms with Crippen LogP contribution in [0.1, 0.15) is 16.8 Å². The summed E-state index contributed by atoms with van der Waals surface area (Å²) in [6, 6.07) is 3.06. The third-order valence-electron chi connectivity index (χ3n) is 2.92. The van der Waals surface area contributed by atoms with Crippen molar-refractivity contribution in [1.82, 2.24) is 4.90 Å². The van der Waals surface area contributed by atoms with Crippen LogP contribution in [0.3, 0.4) is 0 Å². The number of carbonyl (C=O) groups is 2. The summed E-state index contributed by atoms with van der Waals surface area (Å²) in [7, 11) is 5.93. The number of carbonyl (C=O) groups excluding carboxylic acids is 1. The van der Waals surface area contributed by atoms with E-state index < -0.39 is 5.97 Å². The van der Waals surface area contributed by atoms with E-state index in [9.17, 15) is 9.59 Å². The van der Waals surface area contributed by atoms with E-state index in [1.54, 1.807) is 0 Å². The van der Waals surface area contributed by atoms with Crippen LogP contribution in [-0.2, 0) is 4.79 Å². The van der Waals surface area contributed by atoms with Crippen molar-refractivity contribution in [3.8, 4) is 17.2 Å². The standard InChI is InChI=1S/C14H19NO6/c1-15(6-5-12(16)17)14(18)9-7-10(19-2)13(21-4)11(8-9)20-3/h7-8H,5-6H2,1-4H3,(H,16,17). The Morgan fingerprint density at radius 2 is 1.62 bits per heavy atom. The lowest BCUT2D eigenvalue weighted by Crippen LogP contribution is -2.29. The summed E-state index contributed by atoms with van der Waals surface area (Å²) in [4.78, 5) is 24.2. The molecule has 116 valence electrons. The summed E-state index contributed by atoms with van der Waals surface area (Å²) >= 11 is 0. The van der Waals surface area contributed by atoms with Crippen LogP contribution in [-0.4, -0.2) is 56.8 Å². The highest BCUT2D eigenvalue weighted by molar-refractivity contribution is 5.95. The maximum absolute atomic E-state index is 12.3. The van der Waals surface area contributed by atoms with Crippen molar-refractivity contribution in [1.29, 1.82) is 0 Å². The molecule has 1 N–H and O–H groups in total. The van der Waals surface area contributed by atoms with Crippen molar-refractivity contribution >= 4 is 11.9 Å². The summed E-state index contributed by atoms with van der Waals surface area (Å²) in [5.74, 6) is -0.154. The Balaban J connectivity index is 3.06. The zero-order valence-corrected chi connectivity index (χ0v) is 12.5. The highest BCUT2D eigenvalue weighted by Crippen LogP contribution is 2.38. The Morgan fingerprint density at radius 3 is 2.00 bits per heavy atom. The zero-order chi connectivity index (χ0) is 16.0. The van der Waals surface area contributed by atoms with Gasteiger partial charge in [-0.25, -0.2) is 0 Å². The van der Waals surface area contributed by atoms with Gasteiger partial charge in [-0.2, -0.15) is 0 Å². The molecule has 7 heteroatoms. The highest BCUT2D eigenvalue weighted by atomic mass is 16.5. The van der Waals surface area contributed by atoms with E-state index in [4.69, 9.17) is 19.3 Å². The molecule has 0 unspecified atom stereocenters. The SMILES string of the molecule is COc1cc(C(=O)N(C)CCC(=O)O)cc(OC)c1OC. The lowest BCUT2D eigenvalue weighted by molar-refractivity contribution is -0.137. The van der Waals surface area contributed by atoms with Gasteiger partial charge in [-0.3, -0.25) is 9.59 Å². The number of hydrogen-bond donors (Lipinski definition) is 1. The van der Waals surface area contributed by atoms with Gasteiger partial charge in [-0.05, 0) is 12.1 Å². The van der Waals surface area contributed by atoms with Gasteiger partial charge < -0.3 is 24.2 Å². The average molecular weight is 297 g/mol. The quantitative estimate of drug-likeness (QED) is 0.815. The minimum absolute atomic E-state index is 0.116. The molecule has 0 aliphatic heterocycles. The summed E-state index contributed by atoms with van der Waals surface area (Å²) in [5.41, 5.74) is 0.331. The molecule has 1 amide bonds. The van der Waals surface area contributed by atoms with E-state index in [0.717, 1.165) is 0 Å². The van der Waals surface area contributed by atoms with Gasteiger partial charge in [0, 0.05) is 19.2 Å². The average Bonchev–Trinajstić information content (AvgIpc) is 2.49. The molecule has 1 rings (SSSR count). The predicted octanol–water partition coefficient (Wildman–Crippen LogP) is 1.26. The number of hydrogen-bond acceptors (Lipinski definition) is 5. The van der Waals surface area contributed by atoms with E-state index >= 15 is 0 Å². The van der Waals surface area contributed by atoms with E-state index in [0.29, 0.717) is 22.8 Å². The molecular formula is C14H19NO6. The number of carboxylic acids is 1. The first-order chi connectivity index (χ1) is 9.94. The van der Waals surface area contributed by atoms with Gasteiger partial charge in [-0.1, -0.05) is 0 Å². The van der Waals surface area contributed by atoms with Gasteiger partial charge in [0.1, 0.15) is 0 Å². The number of carboxylic acid groups (broad SMARTS) is 1. The van der Waals surface area contributed by atoms with Crippen LogP contribution in [0.25, 0.3) is 0 Å². The molecule has 1 aromatic carbocycles. The third kappa shape index (κ3) is 4.01. The minimum atomic E-state index is -0.959. The molecule has 0 fully saturated rings. The van der Waals surface area contributed by atoms with Gasteiger partial charge in [-0.15, -0.1) is 0 Å². The topological polar surface area (TPSA) is 85.3 Å². The summed E-state index contributed by atoms with van der Waals surface area (Å²) in [6.07, 6.45) is -0.118. The number of amides is 1. The molecule has 0 bridgehead atoms. The molecule has 0 atom stereocenters. The Labute approximate surface area is 123 Å². The van der Waals surface area contributed by atoms with Crippen LogP contribution in [0.15, 0.2) is 12.1 Å². The van der Waals surface area contributed by atoms with Gasteiger partial charge in [0.15, 0.2) is 11.5 Å². The van der Waals surface area contributed by atoms with Crippen molar-refractivity contribution in [3.05, 3.63) is 17.7 Å². The maximum atomic E-state index is 12.3. The van der Waals surface area contributed by atoms with Gasteiger partial charge in [0.05, 0.1) is 27.8 Å². The minimum Gasteiger partial charge on any atom is -0.493 e.